The summed E-state index contributed by atoms with van der Waals surface area (Å²) in [4.78, 5) is 24.0. The number of phosphoric acid groups is 1. The second kappa shape index (κ2) is 2.98. The molecule has 1 atom stereocenters. The summed E-state index contributed by atoms with van der Waals surface area (Å²) >= 11 is 0.490. The highest BCUT2D eigenvalue weighted by Gasteiger charge is 2.22. The average Bonchev–Trinajstić information content (AvgIpc) is 1.14. The molecule has 0 aliphatic heterocycles. The Kier molecular flexibility index (Phi) is 3.33. The Morgan fingerprint density at radius 2 is 1.56 bits per heavy atom. The number of rotatable bonds is 2. The zero-order valence-corrected chi connectivity index (χ0v) is 7.37. The van der Waals surface area contributed by atoms with Gasteiger partial charge in [-0.15, -0.1) is 0 Å². The Morgan fingerprint density at radius 3 is 1.56 bits per heavy atom. The molecule has 0 aliphatic rings. The quantitative estimate of drug-likeness (QED) is 0.390. The first-order valence-corrected chi connectivity index (χ1v) is 6.84. The average molecular weight is 185 g/mol. The van der Waals surface area contributed by atoms with Crippen molar-refractivity contribution in [2.45, 2.75) is 0 Å². The Balaban J connectivity index is 4.07. The summed E-state index contributed by atoms with van der Waals surface area (Å²) in [6.07, 6.45) is 0. The van der Waals surface area contributed by atoms with Crippen LogP contribution in [0, 0.1) is 0 Å². The molecule has 0 saturated heterocycles. The summed E-state index contributed by atoms with van der Waals surface area (Å²) in [5.74, 6) is 0. The Morgan fingerprint density at radius 1 is 1.22 bits per heavy atom. The Labute approximate surface area is 62.8 Å². The van der Waals surface area contributed by atoms with Gasteiger partial charge in [0, 0.05) is 0 Å². The van der Waals surface area contributed by atoms with Crippen LogP contribution in [0.15, 0.2) is 0 Å². The molecule has 0 aromatic rings. The van der Waals surface area contributed by atoms with Crippen LogP contribution in [0.2, 0.25) is 0 Å². The van der Waals surface area contributed by atoms with Crippen LogP contribution in [0.5, 0.6) is 0 Å². The van der Waals surface area contributed by atoms with Crippen LogP contribution in [0.25, 0.3) is 0 Å². The first kappa shape index (κ1) is 10.1. The fraction of sp³-hybridized carbons (Fsp3) is 0. The van der Waals surface area contributed by atoms with Gasteiger partial charge in [0.15, 0.2) is 0 Å². The van der Waals surface area contributed by atoms with Crippen LogP contribution in [-0.4, -0.2) is 35.9 Å². The third-order valence-electron chi connectivity index (χ3n) is 0.234. The first-order chi connectivity index (χ1) is 3.71. The maximum absolute atomic E-state index is 10.1. The summed E-state index contributed by atoms with van der Waals surface area (Å²) in [6, 6.07) is 0. The van der Waals surface area contributed by atoms with E-state index < -0.39 is 13.2 Å². The van der Waals surface area contributed by atoms with E-state index in [9.17, 15) is 9.13 Å². The Hall–Kier alpha value is 1.07. The molecule has 0 rings (SSSR count). The molecule has 9 heteroatoms. The van der Waals surface area contributed by atoms with E-state index in [0.29, 0.717) is 21.2 Å². The van der Waals surface area contributed by atoms with E-state index in [1.807, 2.05) is 0 Å². The zero-order valence-electron chi connectivity index (χ0n) is 4.17. The summed E-state index contributed by atoms with van der Waals surface area (Å²) in [6.45, 7) is 0. The molecule has 0 amide bonds. The maximum Gasteiger partial charge on any atom is 0.474 e. The van der Waals surface area contributed by atoms with Crippen molar-refractivity contribution < 1.29 is 28.1 Å². The number of hydrogen-bond acceptors (Lipinski definition) is 3. The van der Waals surface area contributed by atoms with Gasteiger partial charge in [-0.3, -0.25) is 0 Å². The summed E-state index contributed by atoms with van der Waals surface area (Å²) < 4.78 is 23.3. The van der Waals surface area contributed by atoms with Gasteiger partial charge in [-0.05, 0) is 0 Å². The van der Waals surface area contributed by atoms with E-state index in [1.165, 1.54) is 0 Å². The number of hydrogen-bond donors (Lipinski definition) is 3. The fourth-order valence-electron chi connectivity index (χ4n) is 0.166. The van der Waals surface area contributed by atoms with Crippen molar-refractivity contribution in [1.82, 2.24) is 0 Å². The molecule has 9 heavy (non-hydrogen) atoms. The minimum atomic E-state index is -4.79. The summed E-state index contributed by atoms with van der Waals surface area (Å²) in [5.41, 5.74) is 0. The molecule has 0 spiro atoms. The molecule has 0 aromatic heterocycles. The normalized spacial score (nSPS) is 18.9. The molecule has 0 bridgehead atoms. The molecular formula is H3MgO6P2. The lowest BCUT2D eigenvalue weighted by molar-refractivity contribution is 0.270. The highest BCUT2D eigenvalue weighted by molar-refractivity contribution is 7.82. The second-order valence-electron chi connectivity index (χ2n) is 1.21. The molecule has 0 aliphatic carbocycles. The predicted molar refractivity (Wildman–Crippen MR) is 28.7 cm³/mol. The van der Waals surface area contributed by atoms with Gasteiger partial charge in [0.2, 0.25) is 0 Å². The van der Waals surface area contributed by atoms with Crippen molar-refractivity contribution >= 4 is 34.4 Å². The second-order valence-corrected chi connectivity index (χ2v) is 6.52. The standard InChI is InChI=1S/Mg.H2O6P2/c;1-7(2)6-8(3,4)5/h;(H2-,1,2,3,4,5)/q-1;/p+1. The van der Waals surface area contributed by atoms with E-state index in [4.69, 9.17) is 14.7 Å². The minimum Gasteiger partial charge on any atom is -0.350 e. The monoisotopic (exact) mass is 185 g/mol. The van der Waals surface area contributed by atoms with Crippen LogP contribution in [-0.2, 0) is 13.4 Å². The van der Waals surface area contributed by atoms with Gasteiger partial charge in [0.05, 0.1) is 0 Å². The van der Waals surface area contributed by atoms with Crippen LogP contribution in [0.4, 0.5) is 0 Å². The molecule has 0 fully saturated rings. The van der Waals surface area contributed by atoms with Crippen molar-refractivity contribution in [3.05, 3.63) is 0 Å². The van der Waals surface area contributed by atoms with Gasteiger partial charge in [-0.2, -0.15) is 0 Å². The highest BCUT2D eigenvalue weighted by Crippen LogP contribution is 2.53. The molecule has 3 N–H and O–H groups in total. The van der Waals surface area contributed by atoms with Crippen molar-refractivity contribution in [3.63, 3.8) is 0 Å². The van der Waals surface area contributed by atoms with E-state index >= 15 is 0 Å². The van der Waals surface area contributed by atoms with Crippen LogP contribution in [0.3, 0.4) is 0 Å². The van der Waals surface area contributed by atoms with E-state index in [2.05, 4.69) is 4.31 Å². The molecule has 0 heterocycles. The smallest absolute Gasteiger partial charge is 0.350 e. The lowest BCUT2D eigenvalue weighted by Crippen LogP contribution is -1.85. The minimum absolute atomic E-state index is 0.490. The van der Waals surface area contributed by atoms with Gasteiger partial charge >= 0.3 is 29.0 Å². The van der Waals surface area contributed by atoms with Crippen molar-refractivity contribution in [3.8, 4) is 0 Å². The summed E-state index contributed by atoms with van der Waals surface area (Å²) in [5, 5.41) is -4.02. The van der Waals surface area contributed by atoms with E-state index in [0.717, 1.165) is 0 Å². The van der Waals surface area contributed by atoms with Crippen LogP contribution in [0.1, 0.15) is 0 Å². The third kappa shape index (κ3) is 9.07. The zero-order chi connectivity index (χ0) is 7.71. The highest BCUT2D eigenvalue weighted by atomic mass is 31.3. The third-order valence-corrected chi connectivity index (χ3v) is 3.14. The van der Waals surface area contributed by atoms with Crippen molar-refractivity contribution in [1.29, 1.82) is 0 Å². The largest absolute Gasteiger partial charge is 0.474 e. The van der Waals surface area contributed by atoms with E-state index in [1.54, 1.807) is 0 Å². The van der Waals surface area contributed by atoms with Crippen LogP contribution >= 0.6 is 13.2 Å². The molecular weight excluding hydrogens is 182 g/mol. The van der Waals surface area contributed by atoms with Gasteiger partial charge in [0.1, 0.15) is 5.38 Å². The lowest BCUT2D eigenvalue weighted by Gasteiger charge is -2.09. The molecule has 6 nitrogen and oxygen atoms in total. The topological polar surface area (TPSA) is 104 Å². The van der Waals surface area contributed by atoms with Crippen molar-refractivity contribution in [2.75, 3.05) is 0 Å². The lowest BCUT2D eigenvalue weighted by atomic mass is 15.7. The fourth-order valence-corrected chi connectivity index (χ4v) is 2.85. The molecule has 0 saturated carbocycles. The van der Waals surface area contributed by atoms with Crippen LogP contribution < -0.4 is 0 Å². The predicted octanol–water partition coefficient (Wildman–Crippen LogP) is -0.635. The van der Waals surface area contributed by atoms with Gasteiger partial charge in [0.25, 0.3) is 0 Å². The SMILES string of the molecule is O=P(O)(O)O[P](=O)(O)[Mg]. The van der Waals surface area contributed by atoms with Crippen molar-refractivity contribution in [2.24, 2.45) is 0 Å². The Bertz CT molecular complexity index is 151. The molecule has 1 radical (unpaired) electrons. The van der Waals surface area contributed by atoms with E-state index in [-0.39, 0.29) is 0 Å². The van der Waals surface area contributed by atoms with Gasteiger partial charge < -0.3 is 19.2 Å². The molecule has 0 aromatic carbocycles. The van der Waals surface area contributed by atoms with Gasteiger partial charge in [-0.1, -0.05) is 0 Å². The molecule has 1 unspecified atom stereocenters. The van der Waals surface area contributed by atoms with Gasteiger partial charge in [-0.25, -0.2) is 8.88 Å². The summed E-state index contributed by atoms with van der Waals surface area (Å²) in [7, 11) is -4.79. The molecule has 51 valence electrons. The first-order valence-electron chi connectivity index (χ1n) is 1.65. The maximum atomic E-state index is 10.1.